The first kappa shape index (κ1) is 14.0. The zero-order valence-corrected chi connectivity index (χ0v) is 11.3. The predicted octanol–water partition coefficient (Wildman–Crippen LogP) is 3.60. The van der Waals surface area contributed by atoms with Crippen LogP contribution in [-0.2, 0) is 6.42 Å². The van der Waals surface area contributed by atoms with Crippen LogP contribution >= 0.6 is 0 Å². The molecule has 0 saturated carbocycles. The molecule has 0 aliphatic heterocycles. The van der Waals surface area contributed by atoms with Gasteiger partial charge in [-0.25, -0.2) is 0 Å². The van der Waals surface area contributed by atoms with Crippen molar-refractivity contribution in [2.45, 2.75) is 12.8 Å². The lowest BCUT2D eigenvalue weighted by Crippen LogP contribution is -2.04. The van der Waals surface area contributed by atoms with Gasteiger partial charge in [-0.3, -0.25) is 0 Å². The average Bonchev–Trinajstić information content (AvgIpc) is 2.50. The number of nitrogens with zero attached hydrogens (tertiary/aromatic N) is 1. The van der Waals surface area contributed by atoms with E-state index in [1.54, 1.807) is 0 Å². The van der Waals surface area contributed by atoms with E-state index in [0.29, 0.717) is 19.6 Å². The van der Waals surface area contributed by atoms with Gasteiger partial charge in [0.25, 0.3) is 0 Å². The fourth-order valence-corrected chi connectivity index (χ4v) is 1.75. The van der Waals surface area contributed by atoms with Crippen LogP contribution in [0.15, 0.2) is 54.6 Å². The molecule has 2 aromatic carbocycles. The van der Waals surface area contributed by atoms with Gasteiger partial charge in [0, 0.05) is 6.42 Å². The zero-order valence-electron chi connectivity index (χ0n) is 11.3. The minimum Gasteiger partial charge on any atom is -0.493 e. The Kier molecular flexibility index (Phi) is 5.48. The van der Waals surface area contributed by atoms with Crippen molar-refractivity contribution < 1.29 is 9.47 Å². The minimum absolute atomic E-state index is 0.436. The van der Waals surface area contributed by atoms with Crippen LogP contribution in [-0.4, -0.2) is 13.2 Å². The van der Waals surface area contributed by atoms with Gasteiger partial charge < -0.3 is 9.47 Å². The lowest BCUT2D eigenvalue weighted by atomic mass is 10.2. The minimum atomic E-state index is 0.436. The fourth-order valence-electron chi connectivity index (χ4n) is 1.75. The van der Waals surface area contributed by atoms with Crippen LogP contribution in [0.3, 0.4) is 0 Å². The molecule has 0 unspecified atom stereocenters. The molecule has 0 aliphatic rings. The van der Waals surface area contributed by atoms with E-state index < -0.39 is 0 Å². The highest BCUT2D eigenvalue weighted by Crippen LogP contribution is 2.13. The number of para-hydroxylation sites is 1. The smallest absolute Gasteiger partial charge is 0.119 e. The number of ether oxygens (including phenoxy) is 2. The molecule has 0 heterocycles. The van der Waals surface area contributed by atoms with E-state index >= 15 is 0 Å². The molecule has 0 aromatic heterocycles. The number of hydrogen-bond acceptors (Lipinski definition) is 3. The van der Waals surface area contributed by atoms with E-state index in [0.717, 1.165) is 23.5 Å². The Morgan fingerprint density at radius 2 is 1.40 bits per heavy atom. The van der Waals surface area contributed by atoms with Crippen LogP contribution in [0.4, 0.5) is 0 Å². The van der Waals surface area contributed by atoms with Crippen molar-refractivity contribution in [3.63, 3.8) is 0 Å². The van der Waals surface area contributed by atoms with Crippen molar-refractivity contribution in [3.8, 4) is 17.6 Å². The first-order valence-corrected chi connectivity index (χ1v) is 6.65. The molecule has 3 heteroatoms. The third-order valence-corrected chi connectivity index (χ3v) is 2.78. The SMILES string of the molecule is N#CCc1ccc(OCCCOc2ccccc2)cc1. The van der Waals surface area contributed by atoms with Gasteiger partial charge in [0.2, 0.25) is 0 Å². The molecule has 3 nitrogen and oxygen atoms in total. The molecule has 0 radical (unpaired) electrons. The van der Waals surface area contributed by atoms with Crippen molar-refractivity contribution >= 4 is 0 Å². The summed E-state index contributed by atoms with van der Waals surface area (Å²) in [7, 11) is 0. The number of benzene rings is 2. The molecule has 0 fully saturated rings. The van der Waals surface area contributed by atoms with E-state index in [1.165, 1.54) is 0 Å². The summed E-state index contributed by atoms with van der Waals surface area (Å²) < 4.78 is 11.2. The maximum atomic E-state index is 8.59. The topological polar surface area (TPSA) is 42.2 Å². The summed E-state index contributed by atoms with van der Waals surface area (Å²) in [6.45, 7) is 1.25. The predicted molar refractivity (Wildman–Crippen MR) is 77.8 cm³/mol. The summed E-state index contributed by atoms with van der Waals surface area (Å²) in [6, 6.07) is 19.5. The molecule has 0 amide bonds. The number of rotatable bonds is 7. The highest BCUT2D eigenvalue weighted by Gasteiger charge is 1.96. The summed E-state index contributed by atoms with van der Waals surface area (Å²) in [5, 5.41) is 8.59. The first-order valence-electron chi connectivity index (χ1n) is 6.65. The van der Waals surface area contributed by atoms with E-state index in [-0.39, 0.29) is 0 Å². The van der Waals surface area contributed by atoms with Crippen LogP contribution in [0.2, 0.25) is 0 Å². The molecule has 0 saturated heterocycles. The third-order valence-electron chi connectivity index (χ3n) is 2.78. The molecule has 20 heavy (non-hydrogen) atoms. The van der Waals surface area contributed by atoms with Crippen LogP contribution in [0.25, 0.3) is 0 Å². The van der Waals surface area contributed by atoms with Crippen molar-refractivity contribution in [2.24, 2.45) is 0 Å². The van der Waals surface area contributed by atoms with Crippen molar-refractivity contribution in [1.82, 2.24) is 0 Å². The quantitative estimate of drug-likeness (QED) is 0.720. The standard InChI is InChI=1S/C17H17NO2/c18-12-11-15-7-9-17(10-8-15)20-14-4-13-19-16-5-2-1-3-6-16/h1-3,5-10H,4,11,13-14H2. The number of nitriles is 1. The van der Waals surface area contributed by atoms with E-state index in [9.17, 15) is 0 Å². The van der Waals surface area contributed by atoms with E-state index in [4.69, 9.17) is 14.7 Å². The molecule has 2 rings (SSSR count). The molecular formula is C17H17NO2. The maximum absolute atomic E-state index is 8.59. The maximum Gasteiger partial charge on any atom is 0.119 e. The normalized spacial score (nSPS) is 9.75. The van der Waals surface area contributed by atoms with Gasteiger partial charge >= 0.3 is 0 Å². The summed E-state index contributed by atoms with van der Waals surface area (Å²) in [5.41, 5.74) is 1.01. The molecule has 0 atom stereocenters. The Hall–Kier alpha value is -2.47. The summed E-state index contributed by atoms with van der Waals surface area (Å²) in [6.07, 6.45) is 1.26. The van der Waals surface area contributed by atoms with Gasteiger partial charge in [0.15, 0.2) is 0 Å². The molecular weight excluding hydrogens is 250 g/mol. The van der Waals surface area contributed by atoms with Gasteiger partial charge in [-0.1, -0.05) is 30.3 Å². The summed E-state index contributed by atoms with van der Waals surface area (Å²) >= 11 is 0. The van der Waals surface area contributed by atoms with Crippen molar-refractivity contribution in [1.29, 1.82) is 5.26 Å². The van der Waals surface area contributed by atoms with Crippen LogP contribution < -0.4 is 9.47 Å². The molecule has 102 valence electrons. The van der Waals surface area contributed by atoms with Crippen molar-refractivity contribution in [3.05, 3.63) is 60.2 Å². The van der Waals surface area contributed by atoms with Gasteiger partial charge in [-0.15, -0.1) is 0 Å². The Morgan fingerprint density at radius 1 is 0.800 bits per heavy atom. The molecule has 0 aliphatic carbocycles. The number of hydrogen-bond donors (Lipinski definition) is 0. The second-order valence-corrected chi connectivity index (χ2v) is 4.34. The lowest BCUT2D eigenvalue weighted by molar-refractivity contribution is 0.247. The second-order valence-electron chi connectivity index (χ2n) is 4.34. The average molecular weight is 267 g/mol. The second kappa shape index (κ2) is 7.85. The van der Waals surface area contributed by atoms with Gasteiger partial charge in [-0.2, -0.15) is 5.26 Å². The first-order chi connectivity index (χ1) is 9.88. The summed E-state index contributed by atoms with van der Waals surface area (Å²) in [5.74, 6) is 1.71. The monoisotopic (exact) mass is 267 g/mol. The van der Waals surface area contributed by atoms with Crippen LogP contribution in [0.1, 0.15) is 12.0 Å². The van der Waals surface area contributed by atoms with E-state index in [1.807, 2.05) is 54.6 Å². The highest BCUT2D eigenvalue weighted by atomic mass is 16.5. The van der Waals surface area contributed by atoms with Gasteiger partial charge in [0.1, 0.15) is 11.5 Å². The Labute approximate surface area is 119 Å². The largest absolute Gasteiger partial charge is 0.493 e. The summed E-state index contributed by atoms with van der Waals surface area (Å²) in [4.78, 5) is 0. The Bertz CT molecular complexity index is 543. The van der Waals surface area contributed by atoms with Crippen LogP contribution in [0, 0.1) is 11.3 Å². The van der Waals surface area contributed by atoms with Gasteiger partial charge in [0.05, 0.1) is 25.7 Å². The van der Waals surface area contributed by atoms with Gasteiger partial charge in [-0.05, 0) is 29.8 Å². The molecule has 0 N–H and O–H groups in total. The fraction of sp³-hybridized carbons (Fsp3) is 0.235. The molecule has 0 spiro atoms. The Morgan fingerprint density at radius 3 is 2.00 bits per heavy atom. The Balaban J connectivity index is 1.65. The third kappa shape index (κ3) is 4.66. The van der Waals surface area contributed by atoms with Crippen molar-refractivity contribution in [2.75, 3.05) is 13.2 Å². The molecule has 0 bridgehead atoms. The van der Waals surface area contributed by atoms with Crippen LogP contribution in [0.5, 0.6) is 11.5 Å². The molecule has 2 aromatic rings. The lowest BCUT2D eigenvalue weighted by Gasteiger charge is -2.08. The zero-order chi connectivity index (χ0) is 14.0. The highest BCUT2D eigenvalue weighted by molar-refractivity contribution is 5.28. The van der Waals surface area contributed by atoms with E-state index in [2.05, 4.69) is 6.07 Å².